The maximum Gasteiger partial charge on any atom is 0.170 e. The number of benzene rings is 1. The molecule has 1 aromatic carbocycles. The molecule has 98 valence electrons. The highest BCUT2D eigenvalue weighted by Crippen LogP contribution is 2.31. The molecular formula is C13H12FN3O2. The number of furan rings is 1. The second-order valence-corrected chi connectivity index (χ2v) is 4.32. The van der Waals surface area contributed by atoms with Crippen LogP contribution in [0.5, 0.6) is 0 Å². The van der Waals surface area contributed by atoms with Crippen LogP contribution < -0.4 is 5.73 Å². The molecule has 5 nitrogen and oxygen atoms in total. The fourth-order valence-corrected chi connectivity index (χ4v) is 2.01. The fourth-order valence-electron chi connectivity index (χ4n) is 2.01. The lowest BCUT2D eigenvalue weighted by Crippen LogP contribution is -2.04. The molecule has 0 aliphatic heterocycles. The lowest BCUT2D eigenvalue weighted by molar-refractivity contribution is 0.192. The predicted octanol–water partition coefficient (Wildman–Crippen LogP) is 1.97. The Balaban J connectivity index is 2.09. The minimum atomic E-state index is -1.07. The van der Waals surface area contributed by atoms with Crippen LogP contribution >= 0.6 is 0 Å². The Kier molecular flexibility index (Phi) is 2.53. The lowest BCUT2D eigenvalue weighted by Gasteiger charge is -2.06. The van der Waals surface area contributed by atoms with Gasteiger partial charge in [-0.05, 0) is 12.1 Å². The van der Waals surface area contributed by atoms with Crippen LogP contribution in [0, 0.1) is 5.82 Å². The molecule has 1 unspecified atom stereocenters. The van der Waals surface area contributed by atoms with E-state index in [1.807, 2.05) is 0 Å². The summed E-state index contributed by atoms with van der Waals surface area (Å²) in [7, 11) is 1.67. The first-order valence-corrected chi connectivity index (χ1v) is 5.71. The van der Waals surface area contributed by atoms with E-state index in [1.54, 1.807) is 25.2 Å². The van der Waals surface area contributed by atoms with Crippen LogP contribution in [0.2, 0.25) is 0 Å². The standard InChI is InChI=1S/C13H12FN3O2/c1-17-13(15)8(6-16-17)11(18)10-5-7-3-2-4-9(14)12(7)19-10/h2-6,11,18H,15H2,1H3. The molecule has 0 bridgehead atoms. The van der Waals surface area contributed by atoms with Gasteiger partial charge in [-0.15, -0.1) is 0 Å². The Morgan fingerprint density at radius 1 is 1.47 bits per heavy atom. The molecule has 0 aliphatic rings. The highest BCUT2D eigenvalue weighted by molar-refractivity contribution is 5.78. The number of hydrogen-bond acceptors (Lipinski definition) is 4. The van der Waals surface area contributed by atoms with E-state index in [4.69, 9.17) is 10.2 Å². The molecule has 19 heavy (non-hydrogen) atoms. The third kappa shape index (κ3) is 1.77. The van der Waals surface area contributed by atoms with Crippen molar-refractivity contribution in [1.82, 2.24) is 9.78 Å². The molecule has 0 saturated carbocycles. The average Bonchev–Trinajstić information content (AvgIpc) is 2.95. The quantitative estimate of drug-likeness (QED) is 0.739. The summed E-state index contributed by atoms with van der Waals surface area (Å²) in [5, 5.41) is 14.8. The summed E-state index contributed by atoms with van der Waals surface area (Å²) in [6.45, 7) is 0. The van der Waals surface area contributed by atoms with Crippen LogP contribution in [0.4, 0.5) is 10.2 Å². The van der Waals surface area contributed by atoms with E-state index in [-0.39, 0.29) is 11.3 Å². The largest absolute Gasteiger partial charge is 0.455 e. The maximum atomic E-state index is 13.5. The number of aliphatic hydroxyl groups is 1. The summed E-state index contributed by atoms with van der Waals surface area (Å²) in [6, 6.07) is 6.20. The van der Waals surface area contributed by atoms with E-state index >= 15 is 0 Å². The number of aromatic nitrogens is 2. The van der Waals surface area contributed by atoms with Gasteiger partial charge in [-0.3, -0.25) is 4.68 Å². The summed E-state index contributed by atoms with van der Waals surface area (Å²) in [6.07, 6.45) is 0.393. The van der Waals surface area contributed by atoms with E-state index in [9.17, 15) is 9.50 Å². The first kappa shape index (κ1) is 11.7. The third-order valence-electron chi connectivity index (χ3n) is 3.09. The average molecular weight is 261 g/mol. The molecule has 2 aromatic heterocycles. The van der Waals surface area contributed by atoms with Gasteiger partial charge >= 0.3 is 0 Å². The predicted molar refractivity (Wildman–Crippen MR) is 67.9 cm³/mol. The van der Waals surface area contributed by atoms with Gasteiger partial charge in [-0.25, -0.2) is 4.39 Å². The first-order chi connectivity index (χ1) is 9.08. The van der Waals surface area contributed by atoms with Gasteiger partial charge in [0.2, 0.25) is 0 Å². The molecule has 0 amide bonds. The van der Waals surface area contributed by atoms with Gasteiger partial charge < -0.3 is 15.3 Å². The molecule has 6 heteroatoms. The van der Waals surface area contributed by atoms with Gasteiger partial charge in [0, 0.05) is 12.4 Å². The molecule has 0 radical (unpaired) electrons. The van der Waals surface area contributed by atoms with Gasteiger partial charge in [0.25, 0.3) is 0 Å². The molecule has 3 aromatic rings. The van der Waals surface area contributed by atoms with Crippen molar-refractivity contribution in [3.8, 4) is 0 Å². The summed E-state index contributed by atoms with van der Waals surface area (Å²) in [5.41, 5.74) is 6.35. The Morgan fingerprint density at radius 2 is 2.26 bits per heavy atom. The number of fused-ring (bicyclic) bond motifs is 1. The van der Waals surface area contributed by atoms with Crippen LogP contribution in [0.3, 0.4) is 0 Å². The summed E-state index contributed by atoms with van der Waals surface area (Å²) < 4.78 is 20.3. The Bertz CT molecular complexity index is 748. The van der Waals surface area contributed by atoms with Crippen LogP contribution in [0.15, 0.2) is 34.9 Å². The zero-order valence-corrected chi connectivity index (χ0v) is 10.2. The van der Waals surface area contributed by atoms with Gasteiger partial charge in [0.15, 0.2) is 11.4 Å². The molecule has 0 fully saturated rings. The van der Waals surface area contributed by atoms with Crippen molar-refractivity contribution in [2.24, 2.45) is 7.05 Å². The zero-order valence-electron chi connectivity index (χ0n) is 10.2. The number of nitrogens with two attached hydrogens (primary N) is 1. The molecule has 3 N–H and O–H groups in total. The number of rotatable bonds is 2. The van der Waals surface area contributed by atoms with Crippen molar-refractivity contribution in [2.75, 3.05) is 5.73 Å². The summed E-state index contributed by atoms with van der Waals surface area (Å²) in [4.78, 5) is 0. The van der Waals surface area contributed by atoms with Crippen molar-refractivity contribution >= 4 is 16.8 Å². The zero-order chi connectivity index (χ0) is 13.6. The number of para-hydroxylation sites is 1. The Morgan fingerprint density at radius 3 is 2.89 bits per heavy atom. The Labute approximate surface area is 108 Å². The summed E-state index contributed by atoms with van der Waals surface area (Å²) in [5.74, 6) is 0.114. The van der Waals surface area contributed by atoms with Gasteiger partial charge in [-0.2, -0.15) is 5.10 Å². The van der Waals surface area contributed by atoms with Crippen molar-refractivity contribution in [3.63, 3.8) is 0 Å². The molecule has 0 spiro atoms. The van der Waals surface area contributed by atoms with Crippen molar-refractivity contribution in [3.05, 3.63) is 47.6 Å². The normalized spacial score (nSPS) is 13.0. The lowest BCUT2D eigenvalue weighted by atomic mass is 10.1. The first-order valence-electron chi connectivity index (χ1n) is 5.71. The van der Waals surface area contributed by atoms with Crippen LogP contribution in [0.25, 0.3) is 11.0 Å². The van der Waals surface area contributed by atoms with E-state index in [2.05, 4.69) is 5.10 Å². The fraction of sp³-hybridized carbons (Fsp3) is 0.154. The van der Waals surface area contributed by atoms with E-state index in [1.165, 1.54) is 16.9 Å². The van der Waals surface area contributed by atoms with E-state index in [0.717, 1.165) is 0 Å². The number of hydrogen-bond donors (Lipinski definition) is 2. The number of anilines is 1. The number of halogens is 1. The molecule has 2 heterocycles. The van der Waals surface area contributed by atoms with Gasteiger partial charge in [0.05, 0.1) is 11.8 Å². The minimum Gasteiger partial charge on any atom is -0.455 e. The van der Waals surface area contributed by atoms with Gasteiger partial charge in [0.1, 0.15) is 17.7 Å². The number of nitrogen functional groups attached to an aromatic ring is 1. The second-order valence-electron chi connectivity index (χ2n) is 4.32. The molecule has 0 saturated heterocycles. The summed E-state index contributed by atoms with van der Waals surface area (Å²) >= 11 is 0. The molecule has 1 atom stereocenters. The third-order valence-corrected chi connectivity index (χ3v) is 3.09. The Hall–Kier alpha value is -2.34. The molecular weight excluding hydrogens is 249 g/mol. The minimum absolute atomic E-state index is 0.124. The SMILES string of the molecule is Cn1ncc(C(O)c2cc3cccc(F)c3o2)c1N. The smallest absolute Gasteiger partial charge is 0.170 e. The van der Waals surface area contributed by atoms with E-state index < -0.39 is 11.9 Å². The molecule has 3 rings (SSSR count). The van der Waals surface area contributed by atoms with Crippen molar-refractivity contribution < 1.29 is 13.9 Å². The maximum absolute atomic E-state index is 13.5. The number of nitrogens with zero attached hydrogens (tertiary/aromatic N) is 2. The monoisotopic (exact) mass is 261 g/mol. The number of aliphatic hydroxyl groups excluding tert-OH is 1. The van der Waals surface area contributed by atoms with E-state index in [0.29, 0.717) is 16.8 Å². The highest BCUT2D eigenvalue weighted by atomic mass is 19.1. The van der Waals surface area contributed by atoms with Crippen molar-refractivity contribution in [2.45, 2.75) is 6.10 Å². The highest BCUT2D eigenvalue weighted by Gasteiger charge is 2.21. The number of aryl methyl sites for hydroxylation is 1. The second kappa shape index (κ2) is 4.10. The van der Waals surface area contributed by atoms with Gasteiger partial charge in [-0.1, -0.05) is 12.1 Å². The van der Waals surface area contributed by atoms with Crippen LogP contribution in [0.1, 0.15) is 17.4 Å². The van der Waals surface area contributed by atoms with Crippen molar-refractivity contribution in [1.29, 1.82) is 0 Å². The van der Waals surface area contributed by atoms with Crippen LogP contribution in [-0.2, 0) is 7.05 Å². The topological polar surface area (TPSA) is 77.2 Å². The van der Waals surface area contributed by atoms with Crippen LogP contribution in [-0.4, -0.2) is 14.9 Å². The molecule has 0 aliphatic carbocycles.